The second-order valence-corrected chi connectivity index (χ2v) is 9.43. The van der Waals surface area contributed by atoms with Crippen LogP contribution in [0.2, 0.25) is 0 Å². The summed E-state index contributed by atoms with van der Waals surface area (Å²) >= 11 is 0. The predicted molar refractivity (Wildman–Crippen MR) is 139 cm³/mol. The zero-order valence-electron chi connectivity index (χ0n) is 21.6. The first-order chi connectivity index (χ1) is 17.4. The summed E-state index contributed by atoms with van der Waals surface area (Å²) in [6, 6.07) is 8.61. The number of nitrogens with zero attached hydrogens (tertiary/aromatic N) is 1. The zero-order valence-corrected chi connectivity index (χ0v) is 21.6. The molecule has 1 atom stereocenters. The zero-order chi connectivity index (χ0) is 25.8. The average Bonchev–Trinajstić information content (AvgIpc) is 3.13. The average molecular weight is 494 g/mol. The Morgan fingerprint density at radius 1 is 1.03 bits per heavy atom. The Morgan fingerprint density at radius 3 is 2.56 bits per heavy atom. The van der Waals surface area contributed by atoms with Crippen LogP contribution in [0.1, 0.15) is 77.9 Å². The van der Waals surface area contributed by atoms with Gasteiger partial charge >= 0.3 is 0 Å². The number of aryl methyl sites for hydroxylation is 2. The largest absolute Gasteiger partial charge is 0.493 e. The van der Waals surface area contributed by atoms with E-state index in [0.717, 1.165) is 36.0 Å². The molecule has 0 fully saturated rings. The molecule has 2 heterocycles. The lowest BCUT2D eigenvalue weighted by molar-refractivity contribution is 0.0716. The Labute approximate surface area is 211 Å². The molecule has 0 radical (unpaired) electrons. The van der Waals surface area contributed by atoms with Gasteiger partial charge in [0.05, 0.1) is 30.7 Å². The highest BCUT2D eigenvalue weighted by molar-refractivity contribution is 5.99. The van der Waals surface area contributed by atoms with Crippen LogP contribution >= 0.6 is 0 Å². The number of aliphatic hydroxyl groups is 1. The highest BCUT2D eigenvalue weighted by Gasteiger charge is 2.42. The van der Waals surface area contributed by atoms with Crippen LogP contribution in [0.5, 0.6) is 11.5 Å². The molecule has 0 saturated carbocycles. The molecule has 36 heavy (non-hydrogen) atoms. The second kappa shape index (κ2) is 11.2. The molecule has 1 N–H and O–H groups in total. The molecule has 0 bridgehead atoms. The monoisotopic (exact) mass is 493 g/mol. The topological polar surface area (TPSA) is 89.2 Å². The van der Waals surface area contributed by atoms with E-state index in [0.29, 0.717) is 41.1 Å². The van der Waals surface area contributed by atoms with Gasteiger partial charge in [0.25, 0.3) is 5.91 Å². The van der Waals surface area contributed by atoms with Crippen LogP contribution in [0.15, 0.2) is 39.5 Å². The summed E-state index contributed by atoms with van der Waals surface area (Å²) in [5.74, 6) is 0.886. The van der Waals surface area contributed by atoms with Gasteiger partial charge in [0, 0.05) is 13.2 Å². The standard InChI is InChI=1S/C29H35NO6/c1-5-6-7-8-14-35-21-11-10-20(17-22(21)34-4)26-25-27(32)24-19(3)15-18(2)16-23(24)36-28(25)29(33)30(26)12-9-13-31/h10-11,15-17,26,31H,5-9,12-14H2,1-4H3. The van der Waals surface area contributed by atoms with Gasteiger partial charge < -0.3 is 23.9 Å². The van der Waals surface area contributed by atoms with E-state index >= 15 is 0 Å². The lowest BCUT2D eigenvalue weighted by atomic mass is 9.96. The molecule has 0 spiro atoms. The number of hydrogen-bond acceptors (Lipinski definition) is 6. The van der Waals surface area contributed by atoms with Gasteiger partial charge in [-0.25, -0.2) is 0 Å². The Morgan fingerprint density at radius 2 is 1.83 bits per heavy atom. The molecule has 4 rings (SSSR count). The number of methoxy groups -OCH3 is 1. The van der Waals surface area contributed by atoms with Crippen LogP contribution < -0.4 is 14.9 Å². The third kappa shape index (κ3) is 4.85. The molecule has 1 aliphatic heterocycles. The highest BCUT2D eigenvalue weighted by atomic mass is 16.5. The molecule has 0 aliphatic carbocycles. The second-order valence-electron chi connectivity index (χ2n) is 9.43. The summed E-state index contributed by atoms with van der Waals surface area (Å²) in [5, 5.41) is 9.94. The lowest BCUT2D eigenvalue weighted by Gasteiger charge is -2.25. The lowest BCUT2D eigenvalue weighted by Crippen LogP contribution is -2.31. The number of aliphatic hydroxyl groups excluding tert-OH is 1. The fourth-order valence-electron chi connectivity index (χ4n) is 5.02. The predicted octanol–water partition coefficient (Wildman–Crippen LogP) is 5.31. The number of carbonyl (C=O) groups is 1. The van der Waals surface area contributed by atoms with Crippen LogP contribution in [0.25, 0.3) is 11.0 Å². The first-order valence-electron chi connectivity index (χ1n) is 12.7. The molecule has 7 heteroatoms. The Hall–Kier alpha value is -3.32. The van der Waals surface area contributed by atoms with Crippen molar-refractivity contribution in [3.63, 3.8) is 0 Å². The number of hydrogen-bond donors (Lipinski definition) is 1. The third-order valence-corrected chi connectivity index (χ3v) is 6.73. The first-order valence-corrected chi connectivity index (χ1v) is 12.7. The van der Waals surface area contributed by atoms with Crippen LogP contribution in [0, 0.1) is 13.8 Å². The summed E-state index contributed by atoms with van der Waals surface area (Å²) in [4.78, 5) is 28.9. The Bertz CT molecular complexity index is 1310. The van der Waals surface area contributed by atoms with Gasteiger partial charge in [-0.3, -0.25) is 9.59 Å². The van der Waals surface area contributed by atoms with E-state index in [1.54, 1.807) is 18.1 Å². The minimum atomic E-state index is -0.645. The fraction of sp³-hybridized carbons (Fsp3) is 0.448. The Balaban J connectivity index is 1.79. The van der Waals surface area contributed by atoms with Crippen molar-refractivity contribution in [2.24, 2.45) is 0 Å². The molecule has 192 valence electrons. The van der Waals surface area contributed by atoms with E-state index in [2.05, 4.69) is 6.92 Å². The van der Waals surface area contributed by atoms with Gasteiger partial charge in [0.1, 0.15) is 5.58 Å². The number of rotatable bonds is 11. The van der Waals surface area contributed by atoms with Crippen molar-refractivity contribution in [2.45, 2.75) is 58.9 Å². The van der Waals surface area contributed by atoms with Crippen LogP contribution in [-0.2, 0) is 0 Å². The maximum Gasteiger partial charge on any atom is 0.290 e. The van der Waals surface area contributed by atoms with E-state index in [1.165, 1.54) is 6.42 Å². The SMILES string of the molecule is CCCCCCOc1ccc(C2c3c(oc4cc(C)cc(C)c4c3=O)C(=O)N2CCCO)cc1OC. The van der Waals surface area contributed by atoms with Crippen molar-refractivity contribution in [3.05, 3.63) is 68.6 Å². The molecule has 3 aromatic rings. The van der Waals surface area contributed by atoms with Crippen molar-refractivity contribution in [1.82, 2.24) is 4.90 Å². The summed E-state index contributed by atoms with van der Waals surface area (Å²) in [6.07, 6.45) is 4.80. The first kappa shape index (κ1) is 25.8. The molecule has 1 aliphatic rings. The maximum atomic E-state index is 13.8. The minimum Gasteiger partial charge on any atom is -0.493 e. The maximum absolute atomic E-state index is 13.8. The van der Waals surface area contributed by atoms with Crippen LogP contribution in [0.3, 0.4) is 0 Å². The third-order valence-electron chi connectivity index (χ3n) is 6.73. The quantitative estimate of drug-likeness (QED) is 0.365. The minimum absolute atomic E-state index is 0.0654. The number of carbonyl (C=O) groups excluding carboxylic acids is 1. The highest BCUT2D eigenvalue weighted by Crippen LogP contribution is 2.41. The van der Waals surface area contributed by atoms with Gasteiger partial charge in [-0.2, -0.15) is 0 Å². The molecule has 1 unspecified atom stereocenters. The van der Waals surface area contributed by atoms with E-state index < -0.39 is 6.04 Å². The van der Waals surface area contributed by atoms with Crippen molar-refractivity contribution in [3.8, 4) is 11.5 Å². The van der Waals surface area contributed by atoms with Crippen molar-refractivity contribution >= 4 is 16.9 Å². The van der Waals surface area contributed by atoms with Crippen molar-refractivity contribution in [2.75, 3.05) is 26.9 Å². The number of fused-ring (bicyclic) bond motifs is 2. The van der Waals surface area contributed by atoms with Gasteiger partial charge in [0.15, 0.2) is 16.9 Å². The van der Waals surface area contributed by atoms with Crippen molar-refractivity contribution in [1.29, 1.82) is 0 Å². The summed E-state index contributed by atoms with van der Waals surface area (Å²) in [6.45, 7) is 6.79. The normalized spacial score (nSPS) is 15.0. The number of amides is 1. The van der Waals surface area contributed by atoms with Crippen LogP contribution in [-0.4, -0.2) is 42.8 Å². The number of benzene rings is 2. The van der Waals surface area contributed by atoms with Crippen LogP contribution in [0.4, 0.5) is 0 Å². The number of ether oxygens (including phenoxy) is 2. The van der Waals surface area contributed by atoms with Gasteiger partial charge in [0.2, 0.25) is 5.76 Å². The molecular formula is C29H35NO6. The summed E-state index contributed by atoms with van der Waals surface area (Å²) in [5.41, 5.74) is 3.03. The molecule has 2 aromatic carbocycles. The van der Waals surface area contributed by atoms with E-state index in [9.17, 15) is 14.7 Å². The molecule has 1 amide bonds. The Kier molecular flexibility index (Phi) is 7.99. The van der Waals surface area contributed by atoms with E-state index in [1.807, 2.05) is 38.1 Å². The van der Waals surface area contributed by atoms with E-state index in [-0.39, 0.29) is 30.2 Å². The van der Waals surface area contributed by atoms with Crippen molar-refractivity contribution < 1.29 is 23.8 Å². The fourth-order valence-corrected chi connectivity index (χ4v) is 5.02. The number of unbranched alkanes of at least 4 members (excludes halogenated alkanes) is 3. The molecule has 1 aromatic heterocycles. The van der Waals surface area contributed by atoms with E-state index in [4.69, 9.17) is 13.9 Å². The smallest absolute Gasteiger partial charge is 0.290 e. The van der Waals surface area contributed by atoms with Gasteiger partial charge in [-0.15, -0.1) is 0 Å². The molecule has 0 saturated heterocycles. The van der Waals surface area contributed by atoms with Gasteiger partial charge in [-0.05, 0) is 61.6 Å². The van der Waals surface area contributed by atoms with Gasteiger partial charge in [-0.1, -0.05) is 38.3 Å². The molecular weight excluding hydrogens is 458 g/mol. The molecule has 7 nitrogen and oxygen atoms in total. The summed E-state index contributed by atoms with van der Waals surface area (Å²) in [7, 11) is 1.58. The summed E-state index contributed by atoms with van der Waals surface area (Å²) < 4.78 is 17.7.